The number of morpholine rings is 1. The first-order valence-corrected chi connectivity index (χ1v) is 6.45. The summed E-state index contributed by atoms with van der Waals surface area (Å²) in [5.41, 5.74) is 7.50. The number of amides is 1. The lowest BCUT2D eigenvalue weighted by atomic mass is 10.0. The summed E-state index contributed by atoms with van der Waals surface area (Å²) >= 11 is 0. The zero-order valence-electron chi connectivity index (χ0n) is 10.8. The third-order valence-electron chi connectivity index (χ3n) is 3.32. The fourth-order valence-corrected chi connectivity index (χ4v) is 2.25. The minimum absolute atomic E-state index is 0.0310. The summed E-state index contributed by atoms with van der Waals surface area (Å²) in [6, 6.07) is 7.78. The Kier molecular flexibility index (Phi) is 4.33. The standard InChI is InChI=1S/C14H20N2O2/c1-2-11-5-3-4-6-13(11)14(17)16-7-8-18-12(9-15)10-16/h3-6,12H,2,7-10,15H2,1H3. The maximum Gasteiger partial charge on any atom is 0.254 e. The minimum atomic E-state index is -0.0310. The molecule has 1 unspecified atom stereocenters. The number of hydrogen-bond acceptors (Lipinski definition) is 3. The highest BCUT2D eigenvalue weighted by Gasteiger charge is 2.25. The molecule has 1 aliphatic rings. The number of carbonyl (C=O) groups is 1. The molecule has 0 spiro atoms. The molecule has 18 heavy (non-hydrogen) atoms. The van der Waals surface area contributed by atoms with Crippen LogP contribution in [0.15, 0.2) is 24.3 Å². The predicted octanol–water partition coefficient (Wildman–Crippen LogP) is 1.05. The van der Waals surface area contributed by atoms with Gasteiger partial charge in [0.15, 0.2) is 0 Å². The Bertz CT molecular complexity index is 420. The molecule has 1 aromatic carbocycles. The monoisotopic (exact) mass is 248 g/mol. The van der Waals surface area contributed by atoms with E-state index in [1.165, 1.54) is 0 Å². The van der Waals surface area contributed by atoms with E-state index in [1.54, 1.807) is 0 Å². The van der Waals surface area contributed by atoms with Crippen LogP contribution in [0.25, 0.3) is 0 Å². The van der Waals surface area contributed by atoms with Gasteiger partial charge in [-0.2, -0.15) is 0 Å². The van der Waals surface area contributed by atoms with Crippen molar-refractivity contribution in [3.8, 4) is 0 Å². The minimum Gasteiger partial charge on any atom is -0.373 e. The third-order valence-corrected chi connectivity index (χ3v) is 3.32. The van der Waals surface area contributed by atoms with Gasteiger partial charge in [0.2, 0.25) is 0 Å². The van der Waals surface area contributed by atoms with Crippen molar-refractivity contribution in [3.63, 3.8) is 0 Å². The van der Waals surface area contributed by atoms with Crippen molar-refractivity contribution < 1.29 is 9.53 Å². The molecule has 2 rings (SSSR count). The summed E-state index contributed by atoms with van der Waals surface area (Å²) in [7, 11) is 0. The van der Waals surface area contributed by atoms with Gasteiger partial charge in [0.1, 0.15) is 0 Å². The molecule has 0 bridgehead atoms. The second-order valence-electron chi connectivity index (χ2n) is 4.49. The van der Waals surface area contributed by atoms with Crippen molar-refractivity contribution in [2.24, 2.45) is 5.73 Å². The van der Waals surface area contributed by atoms with Crippen LogP contribution in [0.2, 0.25) is 0 Å². The van der Waals surface area contributed by atoms with Crippen LogP contribution in [0.3, 0.4) is 0 Å². The van der Waals surface area contributed by atoms with E-state index in [1.807, 2.05) is 29.2 Å². The average Bonchev–Trinajstić information content (AvgIpc) is 2.46. The smallest absolute Gasteiger partial charge is 0.254 e. The predicted molar refractivity (Wildman–Crippen MR) is 70.5 cm³/mol. The highest BCUT2D eigenvalue weighted by molar-refractivity contribution is 5.95. The molecular weight excluding hydrogens is 228 g/mol. The van der Waals surface area contributed by atoms with Gasteiger partial charge in [-0.25, -0.2) is 0 Å². The van der Waals surface area contributed by atoms with Crippen LogP contribution in [0.5, 0.6) is 0 Å². The van der Waals surface area contributed by atoms with E-state index in [0.29, 0.717) is 26.2 Å². The van der Waals surface area contributed by atoms with Crippen LogP contribution in [0, 0.1) is 0 Å². The van der Waals surface area contributed by atoms with E-state index < -0.39 is 0 Å². The molecule has 2 N–H and O–H groups in total. The summed E-state index contributed by atoms with van der Waals surface area (Å²) in [6.07, 6.45) is 0.837. The Morgan fingerprint density at radius 2 is 2.28 bits per heavy atom. The molecule has 1 aromatic rings. The number of aryl methyl sites for hydroxylation is 1. The molecule has 1 fully saturated rings. The molecule has 4 nitrogen and oxygen atoms in total. The van der Waals surface area contributed by atoms with Crippen molar-refractivity contribution >= 4 is 5.91 Å². The molecule has 1 amide bonds. The van der Waals surface area contributed by atoms with Crippen LogP contribution < -0.4 is 5.73 Å². The van der Waals surface area contributed by atoms with Gasteiger partial charge in [-0.1, -0.05) is 25.1 Å². The first-order valence-electron chi connectivity index (χ1n) is 6.45. The average molecular weight is 248 g/mol. The van der Waals surface area contributed by atoms with Crippen LogP contribution in [-0.2, 0) is 11.2 Å². The summed E-state index contributed by atoms with van der Waals surface area (Å²) in [5.74, 6) is 0.0919. The second kappa shape index (κ2) is 5.98. The van der Waals surface area contributed by atoms with E-state index in [2.05, 4.69) is 6.92 Å². The van der Waals surface area contributed by atoms with Crippen molar-refractivity contribution in [1.82, 2.24) is 4.90 Å². The second-order valence-corrected chi connectivity index (χ2v) is 4.49. The number of nitrogens with zero attached hydrogens (tertiary/aromatic N) is 1. The number of carbonyl (C=O) groups excluding carboxylic acids is 1. The Morgan fingerprint density at radius 1 is 1.50 bits per heavy atom. The fourth-order valence-electron chi connectivity index (χ4n) is 2.25. The van der Waals surface area contributed by atoms with Crippen LogP contribution >= 0.6 is 0 Å². The normalized spacial score (nSPS) is 19.9. The van der Waals surface area contributed by atoms with Crippen molar-refractivity contribution in [3.05, 3.63) is 35.4 Å². The summed E-state index contributed by atoms with van der Waals surface area (Å²) in [4.78, 5) is 14.3. The number of hydrogen-bond donors (Lipinski definition) is 1. The van der Waals surface area contributed by atoms with E-state index >= 15 is 0 Å². The number of benzene rings is 1. The Balaban J connectivity index is 2.15. The zero-order valence-corrected chi connectivity index (χ0v) is 10.8. The van der Waals surface area contributed by atoms with Crippen molar-refractivity contribution in [2.75, 3.05) is 26.2 Å². The molecule has 0 aliphatic carbocycles. The van der Waals surface area contributed by atoms with Gasteiger partial charge in [0.05, 0.1) is 12.7 Å². The number of rotatable bonds is 3. The molecule has 0 radical (unpaired) electrons. The first-order chi connectivity index (χ1) is 8.76. The van der Waals surface area contributed by atoms with Gasteiger partial charge in [-0.05, 0) is 18.1 Å². The maximum atomic E-state index is 12.5. The highest BCUT2D eigenvalue weighted by Crippen LogP contribution is 2.15. The summed E-state index contributed by atoms with van der Waals surface area (Å²) < 4.78 is 5.48. The van der Waals surface area contributed by atoms with E-state index in [4.69, 9.17) is 10.5 Å². The van der Waals surface area contributed by atoms with E-state index in [0.717, 1.165) is 17.5 Å². The lowest BCUT2D eigenvalue weighted by molar-refractivity contribution is -0.0167. The van der Waals surface area contributed by atoms with Crippen LogP contribution in [0.4, 0.5) is 0 Å². The van der Waals surface area contributed by atoms with Gasteiger partial charge in [0.25, 0.3) is 5.91 Å². The molecule has 1 saturated heterocycles. The molecular formula is C14H20N2O2. The quantitative estimate of drug-likeness (QED) is 0.870. The number of ether oxygens (including phenoxy) is 1. The topological polar surface area (TPSA) is 55.6 Å². The van der Waals surface area contributed by atoms with Gasteiger partial charge in [0, 0.05) is 25.2 Å². The highest BCUT2D eigenvalue weighted by atomic mass is 16.5. The van der Waals surface area contributed by atoms with Crippen LogP contribution in [0.1, 0.15) is 22.8 Å². The van der Waals surface area contributed by atoms with Crippen molar-refractivity contribution in [2.45, 2.75) is 19.4 Å². The molecule has 1 atom stereocenters. The van der Waals surface area contributed by atoms with Gasteiger partial charge in [-0.15, -0.1) is 0 Å². The molecule has 1 heterocycles. The van der Waals surface area contributed by atoms with Gasteiger partial charge < -0.3 is 15.4 Å². The van der Waals surface area contributed by atoms with Gasteiger partial charge >= 0.3 is 0 Å². The Hall–Kier alpha value is -1.39. The maximum absolute atomic E-state index is 12.5. The van der Waals surface area contributed by atoms with Gasteiger partial charge in [-0.3, -0.25) is 4.79 Å². The number of nitrogens with two attached hydrogens (primary N) is 1. The fraction of sp³-hybridized carbons (Fsp3) is 0.500. The lowest BCUT2D eigenvalue weighted by Crippen LogP contribution is -2.48. The summed E-state index contributed by atoms with van der Waals surface area (Å²) in [6.45, 7) is 4.33. The molecule has 4 heteroatoms. The molecule has 0 saturated carbocycles. The van der Waals surface area contributed by atoms with E-state index in [-0.39, 0.29) is 12.0 Å². The third kappa shape index (κ3) is 2.71. The Labute approximate surface area is 108 Å². The lowest BCUT2D eigenvalue weighted by Gasteiger charge is -2.32. The zero-order chi connectivity index (χ0) is 13.0. The first kappa shape index (κ1) is 13.1. The summed E-state index contributed by atoms with van der Waals surface area (Å²) in [5, 5.41) is 0. The van der Waals surface area contributed by atoms with Crippen LogP contribution in [-0.4, -0.2) is 43.2 Å². The van der Waals surface area contributed by atoms with E-state index in [9.17, 15) is 4.79 Å². The van der Waals surface area contributed by atoms with Crippen molar-refractivity contribution in [1.29, 1.82) is 0 Å². The molecule has 98 valence electrons. The SMILES string of the molecule is CCc1ccccc1C(=O)N1CCOC(CN)C1. The largest absolute Gasteiger partial charge is 0.373 e. The Morgan fingerprint density at radius 3 is 3.00 bits per heavy atom. The molecule has 0 aromatic heterocycles. The molecule has 1 aliphatic heterocycles.